The molecule has 0 atom stereocenters. The Morgan fingerprint density at radius 2 is 1.54 bits per heavy atom. The fraction of sp³-hybridized carbons (Fsp3) is 0.174. The summed E-state index contributed by atoms with van der Waals surface area (Å²) in [5.41, 5.74) is 2.29. The van der Waals surface area contributed by atoms with Crippen LogP contribution in [0.4, 0.5) is 5.69 Å². The first kappa shape index (κ1) is 19.3. The van der Waals surface area contributed by atoms with Gasteiger partial charge in [0.2, 0.25) is 0 Å². The van der Waals surface area contributed by atoms with Crippen molar-refractivity contribution in [2.24, 2.45) is 0 Å². The van der Waals surface area contributed by atoms with Crippen molar-refractivity contribution in [3.05, 3.63) is 83.9 Å². The molecule has 5 nitrogen and oxygen atoms in total. The number of hydrogen-bond donors (Lipinski definition) is 1. The maximum absolute atomic E-state index is 12.7. The molecule has 1 N–H and O–H groups in total. The first-order valence-corrected chi connectivity index (χ1v) is 9.00. The van der Waals surface area contributed by atoms with Crippen molar-refractivity contribution >= 4 is 11.6 Å². The topological polar surface area (TPSA) is 56.8 Å². The molecular formula is C23H23NO4. The predicted octanol–water partition coefficient (Wildman–Crippen LogP) is 4.58. The quantitative estimate of drug-likeness (QED) is 0.624. The number of anilines is 1. The van der Waals surface area contributed by atoms with Crippen LogP contribution in [0, 0.1) is 0 Å². The molecule has 0 aliphatic carbocycles. The average Bonchev–Trinajstić information content (AvgIpc) is 2.75. The van der Waals surface area contributed by atoms with Gasteiger partial charge in [0, 0.05) is 12.0 Å². The van der Waals surface area contributed by atoms with Gasteiger partial charge in [-0.1, -0.05) is 42.5 Å². The highest BCUT2D eigenvalue weighted by Gasteiger charge is 2.13. The van der Waals surface area contributed by atoms with E-state index in [1.807, 2.05) is 42.5 Å². The number of nitrogens with one attached hydrogen (secondary N) is 1. The largest absolute Gasteiger partial charge is 0.493 e. The number of carbonyl (C=O) groups excluding carboxylic acids is 1. The van der Waals surface area contributed by atoms with E-state index in [2.05, 4.69) is 17.4 Å². The van der Waals surface area contributed by atoms with Gasteiger partial charge in [-0.3, -0.25) is 4.79 Å². The van der Waals surface area contributed by atoms with Crippen LogP contribution in [0.3, 0.4) is 0 Å². The lowest BCUT2D eigenvalue weighted by atomic mass is 10.1. The third kappa shape index (κ3) is 4.82. The smallest absolute Gasteiger partial charge is 0.255 e. The van der Waals surface area contributed by atoms with E-state index in [0.29, 0.717) is 35.1 Å². The summed E-state index contributed by atoms with van der Waals surface area (Å²) in [5.74, 6) is 1.46. The maximum Gasteiger partial charge on any atom is 0.255 e. The summed E-state index contributed by atoms with van der Waals surface area (Å²) < 4.78 is 16.4. The zero-order valence-corrected chi connectivity index (χ0v) is 16.0. The lowest BCUT2D eigenvalue weighted by Crippen LogP contribution is -2.13. The van der Waals surface area contributed by atoms with Crippen LogP contribution in [0.2, 0.25) is 0 Å². The van der Waals surface area contributed by atoms with Crippen LogP contribution in [0.5, 0.6) is 17.2 Å². The van der Waals surface area contributed by atoms with Gasteiger partial charge in [0.25, 0.3) is 5.91 Å². The van der Waals surface area contributed by atoms with Crippen LogP contribution in [0.15, 0.2) is 72.8 Å². The van der Waals surface area contributed by atoms with Crippen molar-refractivity contribution in [1.82, 2.24) is 0 Å². The SMILES string of the molecule is COc1ccc(C(=O)Nc2ccccc2OCCc2ccccc2)cc1OC. The van der Waals surface area contributed by atoms with Crippen LogP contribution in [0.1, 0.15) is 15.9 Å². The van der Waals surface area contributed by atoms with Crippen LogP contribution < -0.4 is 19.5 Å². The molecule has 0 saturated carbocycles. The van der Waals surface area contributed by atoms with Crippen molar-refractivity contribution in [1.29, 1.82) is 0 Å². The summed E-state index contributed by atoms with van der Waals surface area (Å²) in [7, 11) is 3.09. The summed E-state index contributed by atoms with van der Waals surface area (Å²) >= 11 is 0. The molecule has 5 heteroatoms. The van der Waals surface area contributed by atoms with Crippen molar-refractivity contribution in [3.8, 4) is 17.2 Å². The van der Waals surface area contributed by atoms with Gasteiger partial charge in [-0.25, -0.2) is 0 Å². The number of ether oxygens (including phenoxy) is 3. The lowest BCUT2D eigenvalue weighted by Gasteiger charge is -2.13. The Morgan fingerprint density at radius 1 is 0.821 bits per heavy atom. The minimum absolute atomic E-state index is 0.250. The van der Waals surface area contributed by atoms with Crippen molar-refractivity contribution < 1.29 is 19.0 Å². The molecule has 144 valence electrons. The fourth-order valence-electron chi connectivity index (χ4n) is 2.79. The van der Waals surface area contributed by atoms with E-state index in [1.165, 1.54) is 12.7 Å². The van der Waals surface area contributed by atoms with Crippen LogP contribution in [0.25, 0.3) is 0 Å². The minimum atomic E-state index is -0.250. The van der Waals surface area contributed by atoms with Crippen molar-refractivity contribution in [2.75, 3.05) is 26.1 Å². The molecule has 0 unspecified atom stereocenters. The first-order chi connectivity index (χ1) is 13.7. The zero-order valence-electron chi connectivity index (χ0n) is 16.0. The third-order valence-corrected chi connectivity index (χ3v) is 4.27. The second-order valence-electron chi connectivity index (χ2n) is 6.10. The molecule has 3 aromatic carbocycles. The highest BCUT2D eigenvalue weighted by atomic mass is 16.5. The van der Waals surface area contributed by atoms with E-state index >= 15 is 0 Å². The Hall–Kier alpha value is -3.47. The molecule has 0 aliphatic rings. The number of para-hydroxylation sites is 2. The molecule has 1 amide bonds. The Balaban J connectivity index is 1.68. The Labute approximate surface area is 164 Å². The molecule has 0 heterocycles. The third-order valence-electron chi connectivity index (χ3n) is 4.27. The van der Waals surface area contributed by atoms with Gasteiger partial charge in [-0.2, -0.15) is 0 Å². The summed E-state index contributed by atoms with van der Waals surface area (Å²) in [6.07, 6.45) is 0.790. The molecule has 28 heavy (non-hydrogen) atoms. The molecule has 0 fully saturated rings. The number of methoxy groups -OCH3 is 2. The monoisotopic (exact) mass is 377 g/mol. The Morgan fingerprint density at radius 3 is 2.29 bits per heavy atom. The van der Waals surface area contributed by atoms with Gasteiger partial charge >= 0.3 is 0 Å². The van der Waals surface area contributed by atoms with Gasteiger partial charge in [0.15, 0.2) is 11.5 Å². The van der Waals surface area contributed by atoms with Gasteiger partial charge in [-0.05, 0) is 35.9 Å². The van der Waals surface area contributed by atoms with E-state index in [9.17, 15) is 4.79 Å². The summed E-state index contributed by atoms with van der Waals surface area (Å²) in [6, 6.07) is 22.6. The van der Waals surface area contributed by atoms with Crippen molar-refractivity contribution in [2.45, 2.75) is 6.42 Å². The molecule has 0 saturated heterocycles. The van der Waals surface area contributed by atoms with Crippen LogP contribution >= 0.6 is 0 Å². The van der Waals surface area contributed by atoms with E-state index < -0.39 is 0 Å². The summed E-state index contributed by atoms with van der Waals surface area (Å²) in [4.78, 5) is 12.7. The summed E-state index contributed by atoms with van der Waals surface area (Å²) in [5, 5.41) is 2.90. The molecule has 3 aromatic rings. The molecule has 0 aliphatic heterocycles. The van der Waals surface area contributed by atoms with E-state index in [1.54, 1.807) is 25.3 Å². The maximum atomic E-state index is 12.7. The Kier molecular flexibility index (Phi) is 6.52. The highest BCUT2D eigenvalue weighted by molar-refractivity contribution is 6.05. The molecule has 3 rings (SSSR count). The van der Waals surface area contributed by atoms with Gasteiger partial charge in [0.05, 0.1) is 26.5 Å². The summed E-state index contributed by atoms with van der Waals surface area (Å²) in [6.45, 7) is 0.521. The molecule has 0 radical (unpaired) electrons. The fourth-order valence-corrected chi connectivity index (χ4v) is 2.79. The molecule has 0 bridgehead atoms. The van der Waals surface area contributed by atoms with E-state index in [4.69, 9.17) is 14.2 Å². The van der Waals surface area contributed by atoms with Crippen molar-refractivity contribution in [3.63, 3.8) is 0 Å². The van der Waals surface area contributed by atoms with Crippen LogP contribution in [-0.2, 0) is 6.42 Å². The predicted molar refractivity (Wildman–Crippen MR) is 110 cm³/mol. The number of benzene rings is 3. The standard InChI is InChI=1S/C23H23NO4/c1-26-21-13-12-18(16-22(21)27-2)23(25)24-19-10-6-7-11-20(19)28-15-14-17-8-4-3-5-9-17/h3-13,16H,14-15H2,1-2H3,(H,24,25). The first-order valence-electron chi connectivity index (χ1n) is 9.00. The molecular weight excluding hydrogens is 354 g/mol. The van der Waals surface area contributed by atoms with Gasteiger partial charge in [0.1, 0.15) is 5.75 Å². The zero-order chi connectivity index (χ0) is 19.8. The lowest BCUT2D eigenvalue weighted by molar-refractivity contribution is 0.102. The molecule has 0 aromatic heterocycles. The highest BCUT2D eigenvalue weighted by Crippen LogP contribution is 2.29. The molecule has 0 spiro atoms. The van der Waals surface area contributed by atoms with Gasteiger partial charge < -0.3 is 19.5 Å². The number of carbonyl (C=O) groups is 1. The number of amides is 1. The number of hydrogen-bond acceptors (Lipinski definition) is 4. The normalized spacial score (nSPS) is 10.2. The second kappa shape index (κ2) is 9.46. The van der Waals surface area contributed by atoms with E-state index in [0.717, 1.165) is 6.42 Å². The average molecular weight is 377 g/mol. The van der Waals surface area contributed by atoms with Crippen LogP contribution in [-0.4, -0.2) is 26.7 Å². The van der Waals surface area contributed by atoms with E-state index in [-0.39, 0.29) is 5.91 Å². The second-order valence-corrected chi connectivity index (χ2v) is 6.10. The number of rotatable bonds is 8. The Bertz CT molecular complexity index is 925. The minimum Gasteiger partial charge on any atom is -0.493 e. The van der Waals surface area contributed by atoms with Gasteiger partial charge in [-0.15, -0.1) is 0 Å².